The van der Waals surface area contributed by atoms with Crippen molar-refractivity contribution in [1.82, 2.24) is 19.7 Å². The van der Waals surface area contributed by atoms with E-state index in [4.69, 9.17) is 10.2 Å². The third-order valence-corrected chi connectivity index (χ3v) is 3.99. The van der Waals surface area contributed by atoms with E-state index in [-0.39, 0.29) is 6.04 Å². The molecule has 0 radical (unpaired) electrons. The van der Waals surface area contributed by atoms with E-state index in [1.165, 1.54) is 0 Å². The minimum Gasteiger partial charge on any atom is -0.351 e. The molecular formula is C16H14N6. The van der Waals surface area contributed by atoms with Gasteiger partial charge in [0.05, 0.1) is 34.5 Å². The quantitative estimate of drug-likeness (QED) is 0.722. The summed E-state index contributed by atoms with van der Waals surface area (Å²) in [5.74, 6) is 0.933. The third-order valence-electron chi connectivity index (χ3n) is 3.99. The molecule has 1 aromatic carbocycles. The maximum atomic E-state index is 8.86. The summed E-state index contributed by atoms with van der Waals surface area (Å²) in [4.78, 5) is 11.6. The fourth-order valence-corrected chi connectivity index (χ4v) is 2.77. The predicted molar refractivity (Wildman–Crippen MR) is 82.5 cm³/mol. The van der Waals surface area contributed by atoms with E-state index in [1.54, 1.807) is 12.4 Å². The molecule has 0 saturated carbocycles. The third kappa shape index (κ3) is 1.99. The Morgan fingerprint density at radius 3 is 2.59 bits per heavy atom. The van der Waals surface area contributed by atoms with Gasteiger partial charge in [0.15, 0.2) is 5.82 Å². The van der Waals surface area contributed by atoms with E-state index in [0.29, 0.717) is 5.56 Å². The summed E-state index contributed by atoms with van der Waals surface area (Å²) in [6, 6.07) is 10.3. The molecule has 108 valence electrons. The second kappa shape index (κ2) is 4.81. The molecule has 2 aromatic heterocycles. The van der Waals surface area contributed by atoms with Crippen LogP contribution in [0.25, 0.3) is 11.0 Å². The highest BCUT2D eigenvalue weighted by molar-refractivity contribution is 5.76. The van der Waals surface area contributed by atoms with Crippen molar-refractivity contribution in [3.05, 3.63) is 47.9 Å². The standard InChI is InChI=1S/C16H14N6/c1-11-16(20-15-5-3-2-4-14(15)19-11)21-9-13(10-21)22-8-12(6-17)7-18-22/h2-5,7-8,13H,9-10H2,1H3. The van der Waals surface area contributed by atoms with Crippen LogP contribution in [0.3, 0.4) is 0 Å². The molecule has 6 heteroatoms. The van der Waals surface area contributed by atoms with Gasteiger partial charge in [0.1, 0.15) is 6.07 Å². The largest absolute Gasteiger partial charge is 0.351 e. The molecule has 0 amide bonds. The summed E-state index contributed by atoms with van der Waals surface area (Å²) in [7, 11) is 0. The van der Waals surface area contributed by atoms with Gasteiger partial charge in [-0.2, -0.15) is 10.4 Å². The molecule has 1 aliphatic heterocycles. The molecule has 1 saturated heterocycles. The van der Waals surface area contributed by atoms with Gasteiger partial charge in [-0.25, -0.2) is 9.97 Å². The summed E-state index contributed by atoms with van der Waals surface area (Å²) >= 11 is 0. The molecule has 0 aliphatic carbocycles. The van der Waals surface area contributed by atoms with Gasteiger partial charge in [-0.05, 0) is 19.1 Å². The Labute approximate surface area is 127 Å². The Morgan fingerprint density at radius 1 is 1.18 bits per heavy atom. The maximum absolute atomic E-state index is 8.86. The summed E-state index contributed by atoms with van der Waals surface area (Å²) in [5.41, 5.74) is 3.37. The van der Waals surface area contributed by atoms with Crippen molar-refractivity contribution in [3.63, 3.8) is 0 Å². The van der Waals surface area contributed by atoms with Crippen molar-refractivity contribution >= 4 is 16.9 Å². The average Bonchev–Trinajstić information content (AvgIpc) is 2.95. The van der Waals surface area contributed by atoms with Crippen LogP contribution in [0.4, 0.5) is 5.82 Å². The number of nitrogens with zero attached hydrogens (tertiary/aromatic N) is 6. The van der Waals surface area contributed by atoms with Crippen LogP contribution in [-0.4, -0.2) is 32.8 Å². The number of benzene rings is 1. The zero-order valence-electron chi connectivity index (χ0n) is 12.1. The highest BCUT2D eigenvalue weighted by Gasteiger charge is 2.31. The van der Waals surface area contributed by atoms with Gasteiger partial charge in [-0.15, -0.1) is 0 Å². The van der Waals surface area contributed by atoms with E-state index in [0.717, 1.165) is 35.6 Å². The molecule has 1 aliphatic rings. The Bertz CT molecular complexity index is 885. The van der Waals surface area contributed by atoms with E-state index in [9.17, 15) is 0 Å². The lowest BCUT2D eigenvalue weighted by atomic mass is 10.1. The van der Waals surface area contributed by atoms with Crippen molar-refractivity contribution in [2.45, 2.75) is 13.0 Å². The maximum Gasteiger partial charge on any atom is 0.150 e. The second-order valence-electron chi connectivity index (χ2n) is 5.50. The van der Waals surface area contributed by atoms with E-state index < -0.39 is 0 Å². The zero-order valence-corrected chi connectivity index (χ0v) is 12.1. The molecule has 1 fully saturated rings. The summed E-state index contributed by atoms with van der Waals surface area (Å²) in [5, 5.41) is 13.1. The van der Waals surface area contributed by atoms with Crippen molar-refractivity contribution in [2.75, 3.05) is 18.0 Å². The number of aromatic nitrogens is 4. The molecular weight excluding hydrogens is 276 g/mol. The number of hydrogen-bond acceptors (Lipinski definition) is 5. The molecule has 0 unspecified atom stereocenters. The van der Waals surface area contributed by atoms with E-state index >= 15 is 0 Å². The number of anilines is 1. The SMILES string of the molecule is Cc1nc2ccccc2nc1N1CC(n2cc(C#N)cn2)C1. The number of rotatable bonds is 2. The first-order valence-electron chi connectivity index (χ1n) is 7.17. The van der Waals surface area contributed by atoms with Gasteiger partial charge in [-0.3, -0.25) is 4.68 Å². The monoisotopic (exact) mass is 290 g/mol. The minimum atomic E-state index is 0.287. The molecule has 3 aromatic rings. The fourth-order valence-electron chi connectivity index (χ4n) is 2.77. The molecule has 0 atom stereocenters. The number of para-hydroxylation sites is 2. The second-order valence-corrected chi connectivity index (χ2v) is 5.50. The molecule has 22 heavy (non-hydrogen) atoms. The van der Waals surface area contributed by atoms with Crippen molar-refractivity contribution in [3.8, 4) is 6.07 Å². The fraction of sp³-hybridized carbons (Fsp3) is 0.250. The Balaban J connectivity index is 1.57. The molecule has 3 heterocycles. The smallest absolute Gasteiger partial charge is 0.150 e. The van der Waals surface area contributed by atoms with E-state index in [1.807, 2.05) is 35.9 Å². The van der Waals surface area contributed by atoms with Crippen LogP contribution >= 0.6 is 0 Å². The number of aryl methyl sites for hydroxylation is 1. The average molecular weight is 290 g/mol. The number of hydrogen-bond donors (Lipinski definition) is 0. The lowest BCUT2D eigenvalue weighted by Gasteiger charge is -2.40. The summed E-state index contributed by atoms with van der Waals surface area (Å²) in [6.45, 7) is 3.66. The molecule has 0 spiro atoms. The molecule has 0 N–H and O–H groups in total. The highest BCUT2D eigenvalue weighted by atomic mass is 15.4. The van der Waals surface area contributed by atoms with Crippen LogP contribution in [0.15, 0.2) is 36.7 Å². The first-order chi connectivity index (χ1) is 10.7. The molecule has 0 bridgehead atoms. The Morgan fingerprint density at radius 2 is 1.91 bits per heavy atom. The zero-order chi connectivity index (χ0) is 15.1. The van der Waals surface area contributed by atoms with Gasteiger partial charge in [0.25, 0.3) is 0 Å². The number of fused-ring (bicyclic) bond motifs is 1. The highest BCUT2D eigenvalue weighted by Crippen LogP contribution is 2.29. The van der Waals surface area contributed by atoms with Crippen molar-refractivity contribution in [2.24, 2.45) is 0 Å². The summed E-state index contributed by atoms with van der Waals surface area (Å²) < 4.78 is 1.86. The lowest BCUT2D eigenvalue weighted by Crippen LogP contribution is -2.48. The van der Waals surface area contributed by atoms with Crippen LogP contribution < -0.4 is 4.90 Å². The number of nitriles is 1. The lowest BCUT2D eigenvalue weighted by molar-refractivity contribution is 0.365. The van der Waals surface area contributed by atoms with Crippen LogP contribution in [0, 0.1) is 18.3 Å². The van der Waals surface area contributed by atoms with Crippen molar-refractivity contribution < 1.29 is 0 Å². The van der Waals surface area contributed by atoms with Gasteiger partial charge in [-0.1, -0.05) is 12.1 Å². The Kier molecular flexibility index (Phi) is 2.79. The van der Waals surface area contributed by atoms with Crippen LogP contribution in [0.5, 0.6) is 0 Å². The van der Waals surface area contributed by atoms with Gasteiger partial charge in [0, 0.05) is 19.3 Å². The Hall–Kier alpha value is -2.94. The van der Waals surface area contributed by atoms with Gasteiger partial charge in [0.2, 0.25) is 0 Å². The van der Waals surface area contributed by atoms with Gasteiger partial charge >= 0.3 is 0 Å². The first-order valence-corrected chi connectivity index (χ1v) is 7.17. The normalized spacial score (nSPS) is 14.8. The van der Waals surface area contributed by atoms with Gasteiger partial charge < -0.3 is 4.90 Å². The van der Waals surface area contributed by atoms with Crippen LogP contribution in [0.1, 0.15) is 17.3 Å². The van der Waals surface area contributed by atoms with Crippen molar-refractivity contribution in [1.29, 1.82) is 5.26 Å². The minimum absolute atomic E-state index is 0.287. The van der Waals surface area contributed by atoms with E-state index in [2.05, 4.69) is 21.1 Å². The molecule has 4 rings (SSSR count). The van der Waals surface area contributed by atoms with Crippen LogP contribution in [0.2, 0.25) is 0 Å². The predicted octanol–water partition coefficient (Wildman–Crippen LogP) is 2.07. The summed E-state index contributed by atoms with van der Waals surface area (Å²) in [6.07, 6.45) is 3.39. The first kappa shape index (κ1) is 12.8. The topological polar surface area (TPSA) is 70.6 Å². The van der Waals surface area contributed by atoms with Crippen LogP contribution in [-0.2, 0) is 0 Å². The molecule has 6 nitrogen and oxygen atoms in total.